The van der Waals surface area contributed by atoms with E-state index in [0.717, 1.165) is 0 Å². The molecule has 1 rings (SSSR count). The molecule has 1 amide bonds. The average Bonchev–Trinajstić information content (AvgIpc) is 2.86. The van der Waals surface area contributed by atoms with Gasteiger partial charge in [0.05, 0.1) is 18.6 Å². The van der Waals surface area contributed by atoms with Gasteiger partial charge in [-0.15, -0.1) is 0 Å². The molecule has 0 saturated carbocycles. The van der Waals surface area contributed by atoms with Gasteiger partial charge in [0.15, 0.2) is 0 Å². The number of likely N-dealkylation sites (tertiary alicyclic amines) is 1. The van der Waals surface area contributed by atoms with E-state index in [4.69, 9.17) is 9.84 Å². The van der Waals surface area contributed by atoms with Crippen LogP contribution in [0.3, 0.4) is 0 Å². The van der Waals surface area contributed by atoms with Crippen LogP contribution in [0.2, 0.25) is 0 Å². The van der Waals surface area contributed by atoms with Crippen molar-refractivity contribution in [3.05, 3.63) is 0 Å². The number of rotatable bonds is 5. The van der Waals surface area contributed by atoms with Gasteiger partial charge in [-0.3, -0.25) is 9.59 Å². The van der Waals surface area contributed by atoms with Crippen molar-refractivity contribution in [1.82, 2.24) is 4.90 Å². The standard InChI is InChI=1S/C13H21NO5/c1-4-19-12(18)9-6-5-7-14(9)11(17)10(16)13(2,3)8-15/h9,15H,4-8H2,1-3H3/t9-/m0/s1. The van der Waals surface area contributed by atoms with Crippen molar-refractivity contribution < 1.29 is 24.2 Å². The lowest BCUT2D eigenvalue weighted by Crippen LogP contribution is -2.48. The number of aliphatic hydroxyl groups excluding tert-OH is 1. The molecular formula is C13H21NO5. The third kappa shape index (κ3) is 3.32. The first-order chi connectivity index (χ1) is 8.85. The number of carbonyl (C=O) groups excluding carboxylic acids is 3. The van der Waals surface area contributed by atoms with Crippen molar-refractivity contribution >= 4 is 17.7 Å². The second-order valence-corrected chi connectivity index (χ2v) is 5.28. The molecule has 0 unspecified atom stereocenters. The Morgan fingerprint density at radius 1 is 1.37 bits per heavy atom. The molecule has 19 heavy (non-hydrogen) atoms. The third-order valence-corrected chi connectivity index (χ3v) is 3.28. The zero-order valence-corrected chi connectivity index (χ0v) is 11.6. The molecule has 1 heterocycles. The maximum atomic E-state index is 12.1. The van der Waals surface area contributed by atoms with Crippen LogP contribution >= 0.6 is 0 Å². The van der Waals surface area contributed by atoms with E-state index in [9.17, 15) is 14.4 Å². The lowest BCUT2D eigenvalue weighted by atomic mass is 9.88. The Morgan fingerprint density at radius 3 is 2.53 bits per heavy atom. The lowest BCUT2D eigenvalue weighted by molar-refractivity contribution is -0.157. The van der Waals surface area contributed by atoms with Gasteiger partial charge in [0, 0.05) is 6.54 Å². The number of ether oxygens (including phenoxy) is 1. The second-order valence-electron chi connectivity index (χ2n) is 5.28. The Labute approximate surface area is 112 Å². The maximum Gasteiger partial charge on any atom is 0.328 e. The minimum Gasteiger partial charge on any atom is -0.464 e. The summed E-state index contributed by atoms with van der Waals surface area (Å²) >= 11 is 0. The highest BCUT2D eigenvalue weighted by atomic mass is 16.5. The fourth-order valence-electron chi connectivity index (χ4n) is 1.98. The highest BCUT2D eigenvalue weighted by Crippen LogP contribution is 2.23. The SMILES string of the molecule is CCOC(=O)[C@@H]1CCCN1C(=O)C(=O)C(C)(C)CO. The summed E-state index contributed by atoms with van der Waals surface area (Å²) in [5, 5.41) is 9.13. The normalized spacial score (nSPS) is 19.4. The Morgan fingerprint density at radius 2 is 2.00 bits per heavy atom. The number of carbonyl (C=O) groups is 3. The van der Waals surface area contributed by atoms with E-state index in [-0.39, 0.29) is 6.61 Å². The van der Waals surface area contributed by atoms with E-state index < -0.39 is 35.7 Å². The van der Waals surface area contributed by atoms with Gasteiger partial charge in [-0.25, -0.2) is 4.79 Å². The Bertz CT molecular complexity index is 377. The van der Waals surface area contributed by atoms with E-state index in [1.165, 1.54) is 18.7 Å². The molecule has 0 bridgehead atoms. The molecule has 1 aliphatic rings. The average molecular weight is 271 g/mol. The summed E-state index contributed by atoms with van der Waals surface area (Å²) in [7, 11) is 0. The van der Waals surface area contributed by atoms with Crippen LogP contribution < -0.4 is 0 Å². The number of esters is 1. The monoisotopic (exact) mass is 271 g/mol. The summed E-state index contributed by atoms with van der Waals surface area (Å²) in [6, 6.07) is -0.675. The molecule has 1 saturated heterocycles. The van der Waals surface area contributed by atoms with Gasteiger partial charge in [0.25, 0.3) is 5.91 Å². The van der Waals surface area contributed by atoms with Crippen molar-refractivity contribution in [3.8, 4) is 0 Å². The van der Waals surface area contributed by atoms with E-state index >= 15 is 0 Å². The molecule has 0 aromatic heterocycles. The van der Waals surface area contributed by atoms with Gasteiger partial charge in [-0.05, 0) is 19.8 Å². The Kier molecular flexibility index (Phi) is 5.05. The largest absolute Gasteiger partial charge is 0.464 e. The molecule has 1 atom stereocenters. The van der Waals surface area contributed by atoms with Gasteiger partial charge in [-0.2, -0.15) is 0 Å². The van der Waals surface area contributed by atoms with Crippen LogP contribution in [-0.4, -0.2) is 53.5 Å². The van der Waals surface area contributed by atoms with Gasteiger partial charge in [0.2, 0.25) is 5.78 Å². The number of nitrogens with zero attached hydrogens (tertiary/aromatic N) is 1. The number of Topliss-reactive ketones (excluding diaryl/α,β-unsaturated/α-hetero) is 1. The molecular weight excluding hydrogens is 250 g/mol. The molecule has 0 aromatic carbocycles. The summed E-state index contributed by atoms with van der Waals surface area (Å²) in [4.78, 5) is 37.1. The summed E-state index contributed by atoms with van der Waals surface area (Å²) in [5.74, 6) is -1.86. The molecule has 1 N–H and O–H groups in total. The van der Waals surface area contributed by atoms with Crippen molar-refractivity contribution in [2.45, 2.75) is 39.7 Å². The number of aliphatic hydroxyl groups is 1. The Hall–Kier alpha value is -1.43. The van der Waals surface area contributed by atoms with Gasteiger partial charge < -0.3 is 14.7 Å². The van der Waals surface area contributed by atoms with Crippen LogP contribution in [0.25, 0.3) is 0 Å². The molecule has 0 aliphatic carbocycles. The van der Waals surface area contributed by atoms with Crippen LogP contribution in [0, 0.1) is 5.41 Å². The Balaban J connectivity index is 2.81. The van der Waals surface area contributed by atoms with E-state index in [0.29, 0.717) is 19.4 Å². The topological polar surface area (TPSA) is 83.9 Å². The first kappa shape index (κ1) is 15.6. The zero-order valence-electron chi connectivity index (χ0n) is 11.6. The van der Waals surface area contributed by atoms with Crippen LogP contribution in [0.1, 0.15) is 33.6 Å². The van der Waals surface area contributed by atoms with Crippen molar-refractivity contribution in [1.29, 1.82) is 0 Å². The summed E-state index contributed by atoms with van der Waals surface area (Å²) in [5.41, 5.74) is -1.13. The molecule has 108 valence electrons. The van der Waals surface area contributed by atoms with Crippen LogP contribution in [-0.2, 0) is 19.1 Å². The summed E-state index contributed by atoms with van der Waals surface area (Å²) < 4.78 is 4.90. The fraction of sp³-hybridized carbons (Fsp3) is 0.769. The number of ketones is 1. The first-order valence-corrected chi connectivity index (χ1v) is 6.48. The molecule has 0 aromatic rings. The van der Waals surface area contributed by atoms with Gasteiger partial charge in [0.1, 0.15) is 6.04 Å². The van der Waals surface area contributed by atoms with Crippen molar-refractivity contribution in [2.24, 2.45) is 5.41 Å². The predicted octanol–water partition coefficient (Wildman–Crippen LogP) is 0.128. The quantitative estimate of drug-likeness (QED) is 0.567. The number of hydrogen-bond acceptors (Lipinski definition) is 5. The highest BCUT2D eigenvalue weighted by Gasteiger charge is 2.42. The molecule has 6 heteroatoms. The van der Waals surface area contributed by atoms with E-state index in [1.54, 1.807) is 6.92 Å². The molecule has 1 aliphatic heterocycles. The van der Waals surface area contributed by atoms with Crippen LogP contribution in [0.5, 0.6) is 0 Å². The first-order valence-electron chi connectivity index (χ1n) is 6.48. The molecule has 1 fully saturated rings. The van der Waals surface area contributed by atoms with Crippen molar-refractivity contribution in [2.75, 3.05) is 19.8 Å². The smallest absolute Gasteiger partial charge is 0.328 e. The molecule has 6 nitrogen and oxygen atoms in total. The van der Waals surface area contributed by atoms with Gasteiger partial charge >= 0.3 is 5.97 Å². The van der Waals surface area contributed by atoms with E-state index in [1.807, 2.05) is 0 Å². The predicted molar refractivity (Wildman–Crippen MR) is 67.2 cm³/mol. The fourth-order valence-corrected chi connectivity index (χ4v) is 1.98. The minimum atomic E-state index is -1.13. The molecule has 0 radical (unpaired) electrons. The van der Waals surface area contributed by atoms with Crippen molar-refractivity contribution in [3.63, 3.8) is 0 Å². The van der Waals surface area contributed by atoms with Crippen LogP contribution in [0.4, 0.5) is 0 Å². The second kappa shape index (κ2) is 6.14. The van der Waals surface area contributed by atoms with Crippen LogP contribution in [0.15, 0.2) is 0 Å². The summed E-state index contributed by atoms with van der Waals surface area (Å²) in [6.45, 7) is 4.91. The zero-order chi connectivity index (χ0) is 14.6. The number of hydrogen-bond donors (Lipinski definition) is 1. The highest BCUT2D eigenvalue weighted by molar-refractivity contribution is 6.38. The maximum absolute atomic E-state index is 12.1. The minimum absolute atomic E-state index is 0.243. The lowest BCUT2D eigenvalue weighted by Gasteiger charge is -2.26. The summed E-state index contributed by atoms with van der Waals surface area (Å²) in [6.07, 6.45) is 1.18. The molecule has 0 spiro atoms. The van der Waals surface area contributed by atoms with Gasteiger partial charge in [-0.1, -0.05) is 13.8 Å². The van der Waals surface area contributed by atoms with E-state index in [2.05, 4.69) is 0 Å². The third-order valence-electron chi connectivity index (χ3n) is 3.28. The number of amides is 1.